The lowest BCUT2D eigenvalue weighted by atomic mass is 10.1. The van der Waals surface area contributed by atoms with E-state index in [2.05, 4.69) is 68.5 Å². The third-order valence-corrected chi connectivity index (χ3v) is 4.72. The van der Waals surface area contributed by atoms with Crippen LogP contribution in [0.4, 0.5) is 0 Å². The number of furan rings is 1. The van der Waals surface area contributed by atoms with Crippen molar-refractivity contribution in [1.29, 1.82) is 0 Å². The summed E-state index contributed by atoms with van der Waals surface area (Å²) < 4.78 is 7.47. The van der Waals surface area contributed by atoms with Gasteiger partial charge in [-0.3, -0.25) is 0 Å². The fourth-order valence-corrected chi connectivity index (χ4v) is 3.08. The predicted octanol–water partition coefficient (Wildman–Crippen LogP) is 3.19. The molecule has 1 aromatic carbocycles. The van der Waals surface area contributed by atoms with Crippen molar-refractivity contribution in [3.05, 3.63) is 72.2 Å². The second-order valence-electron chi connectivity index (χ2n) is 7.03. The van der Waals surface area contributed by atoms with E-state index in [9.17, 15) is 0 Å². The zero-order valence-corrected chi connectivity index (χ0v) is 17.2. The van der Waals surface area contributed by atoms with Gasteiger partial charge in [-0.2, -0.15) is 0 Å². The molecule has 0 aliphatic heterocycles. The van der Waals surface area contributed by atoms with Gasteiger partial charge in [0.1, 0.15) is 24.5 Å². The zero-order valence-electron chi connectivity index (χ0n) is 17.2. The standard InChI is InChI=1S/C22H30N6O/c1-3-21-27-25-17-28(21)14-13-23-22(24-16-20-10-7-15-29-20)26-18(2)11-12-19-8-5-4-6-9-19/h4-10,15,17-18H,3,11-14,16H2,1-2H3,(H2,23,24,26). The summed E-state index contributed by atoms with van der Waals surface area (Å²) in [6.07, 6.45) is 6.37. The minimum Gasteiger partial charge on any atom is -0.467 e. The summed E-state index contributed by atoms with van der Waals surface area (Å²) in [6, 6.07) is 14.7. The maximum Gasteiger partial charge on any atom is 0.191 e. The van der Waals surface area contributed by atoms with E-state index in [0.717, 1.165) is 49.9 Å². The van der Waals surface area contributed by atoms with E-state index < -0.39 is 0 Å². The van der Waals surface area contributed by atoms with Gasteiger partial charge in [-0.15, -0.1) is 10.2 Å². The molecule has 0 aliphatic carbocycles. The Kier molecular flexibility index (Phi) is 7.86. The quantitative estimate of drug-likeness (QED) is 0.408. The van der Waals surface area contributed by atoms with Crippen LogP contribution in [-0.2, 0) is 25.9 Å². The van der Waals surface area contributed by atoms with E-state index in [1.807, 2.05) is 18.2 Å². The number of rotatable bonds is 10. The predicted molar refractivity (Wildman–Crippen MR) is 115 cm³/mol. The highest BCUT2D eigenvalue weighted by Gasteiger charge is 2.08. The van der Waals surface area contributed by atoms with Gasteiger partial charge in [-0.05, 0) is 37.5 Å². The lowest BCUT2D eigenvalue weighted by molar-refractivity contribution is 0.510. The van der Waals surface area contributed by atoms with Crippen molar-refractivity contribution in [2.45, 2.75) is 52.2 Å². The summed E-state index contributed by atoms with van der Waals surface area (Å²) in [6.45, 7) is 6.29. The first-order valence-electron chi connectivity index (χ1n) is 10.2. The summed E-state index contributed by atoms with van der Waals surface area (Å²) in [7, 11) is 0. The van der Waals surface area contributed by atoms with Crippen LogP contribution in [0.1, 0.15) is 37.4 Å². The zero-order chi connectivity index (χ0) is 20.3. The van der Waals surface area contributed by atoms with E-state index in [1.54, 1.807) is 12.6 Å². The van der Waals surface area contributed by atoms with Crippen molar-refractivity contribution < 1.29 is 4.42 Å². The molecule has 0 fully saturated rings. The summed E-state index contributed by atoms with van der Waals surface area (Å²) >= 11 is 0. The first kappa shape index (κ1) is 20.6. The molecule has 3 aromatic rings. The number of aryl methyl sites for hydroxylation is 2. The first-order valence-corrected chi connectivity index (χ1v) is 10.2. The number of benzene rings is 1. The molecule has 29 heavy (non-hydrogen) atoms. The maximum atomic E-state index is 5.40. The monoisotopic (exact) mass is 394 g/mol. The van der Waals surface area contributed by atoms with E-state index >= 15 is 0 Å². The topological polar surface area (TPSA) is 80.3 Å². The summed E-state index contributed by atoms with van der Waals surface area (Å²) in [5.41, 5.74) is 1.35. The van der Waals surface area contributed by atoms with Gasteiger partial charge in [0.2, 0.25) is 0 Å². The van der Waals surface area contributed by atoms with Gasteiger partial charge in [0, 0.05) is 25.6 Å². The van der Waals surface area contributed by atoms with Gasteiger partial charge >= 0.3 is 0 Å². The second kappa shape index (κ2) is 11.0. The third kappa shape index (κ3) is 6.78. The van der Waals surface area contributed by atoms with Crippen molar-refractivity contribution in [3.63, 3.8) is 0 Å². The van der Waals surface area contributed by atoms with Gasteiger partial charge in [0.05, 0.1) is 6.26 Å². The molecule has 0 saturated carbocycles. The average molecular weight is 395 g/mol. The molecular weight excluding hydrogens is 364 g/mol. The van der Waals surface area contributed by atoms with Crippen LogP contribution in [0.5, 0.6) is 0 Å². The highest BCUT2D eigenvalue weighted by molar-refractivity contribution is 5.80. The van der Waals surface area contributed by atoms with E-state index in [1.165, 1.54) is 5.56 Å². The maximum absolute atomic E-state index is 5.40. The first-order chi connectivity index (χ1) is 14.2. The largest absolute Gasteiger partial charge is 0.467 e. The van der Waals surface area contributed by atoms with Gasteiger partial charge in [-0.1, -0.05) is 37.3 Å². The fourth-order valence-electron chi connectivity index (χ4n) is 3.08. The van der Waals surface area contributed by atoms with E-state index in [4.69, 9.17) is 4.42 Å². The number of aromatic nitrogens is 3. The Morgan fingerprint density at radius 3 is 2.83 bits per heavy atom. The molecule has 0 aliphatic rings. The minimum absolute atomic E-state index is 0.291. The van der Waals surface area contributed by atoms with Crippen molar-refractivity contribution in [2.75, 3.05) is 6.54 Å². The molecular formula is C22H30N6O. The SMILES string of the molecule is CCc1nncn1CCNC(=NCc1ccco1)NC(C)CCc1ccccc1. The van der Waals surface area contributed by atoms with E-state index in [0.29, 0.717) is 12.6 Å². The molecule has 0 radical (unpaired) electrons. The number of aliphatic imine (C=N–C) groups is 1. The number of hydrogen-bond acceptors (Lipinski definition) is 4. The van der Waals surface area contributed by atoms with Crippen LogP contribution >= 0.6 is 0 Å². The Bertz CT molecular complexity index is 857. The molecule has 154 valence electrons. The molecule has 0 saturated heterocycles. The number of guanidine groups is 1. The highest BCUT2D eigenvalue weighted by Crippen LogP contribution is 2.05. The van der Waals surface area contributed by atoms with Gasteiger partial charge in [0.25, 0.3) is 0 Å². The van der Waals surface area contributed by atoms with Crippen molar-refractivity contribution in [1.82, 2.24) is 25.4 Å². The third-order valence-electron chi connectivity index (χ3n) is 4.72. The smallest absolute Gasteiger partial charge is 0.191 e. The van der Waals surface area contributed by atoms with Crippen LogP contribution in [0.2, 0.25) is 0 Å². The molecule has 2 heterocycles. The van der Waals surface area contributed by atoms with Crippen LogP contribution in [0.3, 0.4) is 0 Å². The fraction of sp³-hybridized carbons (Fsp3) is 0.409. The van der Waals surface area contributed by atoms with Crippen molar-refractivity contribution in [3.8, 4) is 0 Å². The Hall–Kier alpha value is -3.09. The van der Waals surface area contributed by atoms with Gasteiger partial charge in [0.15, 0.2) is 5.96 Å². The molecule has 3 rings (SSSR count). The Labute approximate surface area is 172 Å². The molecule has 2 aromatic heterocycles. The normalized spacial score (nSPS) is 12.7. The molecule has 7 heteroatoms. The van der Waals surface area contributed by atoms with Crippen LogP contribution in [0, 0.1) is 0 Å². The molecule has 2 N–H and O–H groups in total. The Balaban J connectivity index is 1.54. The Morgan fingerprint density at radius 1 is 1.21 bits per heavy atom. The van der Waals surface area contributed by atoms with Crippen molar-refractivity contribution in [2.24, 2.45) is 4.99 Å². The van der Waals surface area contributed by atoms with E-state index in [-0.39, 0.29) is 0 Å². The van der Waals surface area contributed by atoms with Crippen LogP contribution in [0.15, 0.2) is 64.5 Å². The lowest BCUT2D eigenvalue weighted by Gasteiger charge is -2.18. The van der Waals surface area contributed by atoms with Crippen LogP contribution in [0.25, 0.3) is 0 Å². The van der Waals surface area contributed by atoms with Gasteiger partial charge < -0.3 is 19.6 Å². The lowest BCUT2D eigenvalue weighted by Crippen LogP contribution is -2.43. The molecule has 1 unspecified atom stereocenters. The number of nitrogens with zero attached hydrogens (tertiary/aromatic N) is 4. The summed E-state index contributed by atoms with van der Waals surface area (Å²) in [5, 5.41) is 15.1. The summed E-state index contributed by atoms with van der Waals surface area (Å²) in [5.74, 6) is 2.62. The van der Waals surface area contributed by atoms with Crippen LogP contribution < -0.4 is 10.6 Å². The molecule has 0 amide bonds. The molecule has 1 atom stereocenters. The van der Waals surface area contributed by atoms with Crippen molar-refractivity contribution >= 4 is 5.96 Å². The van der Waals surface area contributed by atoms with Crippen LogP contribution in [-0.4, -0.2) is 33.3 Å². The number of nitrogens with one attached hydrogen (secondary N) is 2. The molecule has 7 nitrogen and oxygen atoms in total. The summed E-state index contributed by atoms with van der Waals surface area (Å²) in [4.78, 5) is 4.68. The number of hydrogen-bond donors (Lipinski definition) is 2. The Morgan fingerprint density at radius 2 is 2.07 bits per heavy atom. The highest BCUT2D eigenvalue weighted by atomic mass is 16.3. The molecule has 0 bridgehead atoms. The average Bonchev–Trinajstić information content (AvgIpc) is 3.43. The second-order valence-corrected chi connectivity index (χ2v) is 7.03. The van der Waals surface area contributed by atoms with Gasteiger partial charge in [-0.25, -0.2) is 4.99 Å². The molecule has 0 spiro atoms. The minimum atomic E-state index is 0.291.